The normalized spacial score (nSPS) is 37.5. The first-order valence-electron chi connectivity index (χ1n) is 11.3. The van der Waals surface area contributed by atoms with E-state index >= 15 is 0 Å². The zero-order valence-electron chi connectivity index (χ0n) is 16.5. The number of nitriles is 1. The van der Waals surface area contributed by atoms with E-state index in [0.29, 0.717) is 0 Å². The molecule has 0 aliphatic heterocycles. The van der Waals surface area contributed by atoms with Crippen LogP contribution in [0.15, 0.2) is 24.3 Å². The van der Waals surface area contributed by atoms with Crippen molar-refractivity contribution < 1.29 is 0 Å². The summed E-state index contributed by atoms with van der Waals surface area (Å²) in [5, 5.41) is 8.98. The van der Waals surface area contributed by atoms with Gasteiger partial charge in [0.1, 0.15) is 0 Å². The van der Waals surface area contributed by atoms with Gasteiger partial charge < -0.3 is 0 Å². The van der Waals surface area contributed by atoms with E-state index in [9.17, 15) is 0 Å². The van der Waals surface area contributed by atoms with Crippen LogP contribution in [0.3, 0.4) is 0 Å². The van der Waals surface area contributed by atoms with E-state index in [4.69, 9.17) is 5.26 Å². The maximum Gasteiger partial charge on any atom is 0.0991 e. The Kier molecular flexibility index (Phi) is 5.68. The van der Waals surface area contributed by atoms with Gasteiger partial charge in [-0.3, -0.25) is 0 Å². The molecule has 0 heterocycles. The number of nitrogens with zero attached hydrogens (tertiary/aromatic N) is 1. The van der Waals surface area contributed by atoms with E-state index in [1.165, 1.54) is 63.4 Å². The summed E-state index contributed by atoms with van der Waals surface area (Å²) in [4.78, 5) is 0. The van der Waals surface area contributed by atoms with Gasteiger partial charge in [-0.1, -0.05) is 31.9 Å². The zero-order valence-corrected chi connectivity index (χ0v) is 16.5. The van der Waals surface area contributed by atoms with Crippen LogP contribution >= 0.6 is 0 Å². The van der Waals surface area contributed by atoms with Crippen LogP contribution in [0.25, 0.3) is 0 Å². The maximum atomic E-state index is 8.98. The highest BCUT2D eigenvalue weighted by Crippen LogP contribution is 2.50. The Balaban J connectivity index is 1.29. The molecule has 1 nitrogen and oxygen atoms in total. The summed E-state index contributed by atoms with van der Waals surface area (Å²) in [5.41, 5.74) is 2.25. The third-order valence-corrected chi connectivity index (χ3v) is 8.29. The highest BCUT2D eigenvalue weighted by Gasteiger charge is 2.38. The first-order valence-corrected chi connectivity index (χ1v) is 11.3. The van der Waals surface area contributed by atoms with Crippen molar-refractivity contribution in [1.29, 1.82) is 5.26 Å². The van der Waals surface area contributed by atoms with Crippen LogP contribution in [0.4, 0.5) is 0 Å². The van der Waals surface area contributed by atoms with E-state index in [1.54, 1.807) is 12.8 Å². The number of fused-ring (bicyclic) bond motifs is 1. The maximum absolute atomic E-state index is 8.98. The Hall–Kier alpha value is -1.29. The highest BCUT2D eigenvalue weighted by atomic mass is 14.4. The lowest BCUT2D eigenvalue weighted by Gasteiger charge is -2.45. The van der Waals surface area contributed by atoms with Crippen LogP contribution in [-0.4, -0.2) is 0 Å². The molecule has 0 bridgehead atoms. The smallest absolute Gasteiger partial charge is 0.0991 e. The predicted molar refractivity (Wildman–Crippen MR) is 108 cm³/mol. The molecule has 0 aromatic heterocycles. The molecule has 0 saturated heterocycles. The molecule has 1 aromatic rings. The summed E-state index contributed by atoms with van der Waals surface area (Å²) in [7, 11) is 0. The topological polar surface area (TPSA) is 23.8 Å². The van der Waals surface area contributed by atoms with E-state index in [1.807, 2.05) is 12.1 Å². The lowest BCUT2D eigenvalue weighted by atomic mass is 9.60. The minimum absolute atomic E-state index is 0.732. The number of rotatable bonds is 3. The molecule has 3 aliphatic carbocycles. The van der Waals surface area contributed by atoms with Crippen LogP contribution in [-0.2, 0) is 0 Å². The lowest BCUT2D eigenvalue weighted by molar-refractivity contribution is 0.0629. The van der Waals surface area contributed by atoms with E-state index < -0.39 is 0 Å². The molecule has 0 amide bonds. The van der Waals surface area contributed by atoms with E-state index in [0.717, 1.165) is 41.1 Å². The van der Waals surface area contributed by atoms with E-state index in [2.05, 4.69) is 25.1 Å². The van der Waals surface area contributed by atoms with Crippen molar-refractivity contribution in [1.82, 2.24) is 0 Å². The molecule has 1 heteroatoms. The third kappa shape index (κ3) is 3.85. The summed E-state index contributed by atoms with van der Waals surface area (Å²) >= 11 is 0. The summed E-state index contributed by atoms with van der Waals surface area (Å²) in [6, 6.07) is 10.6. The van der Waals surface area contributed by atoms with Gasteiger partial charge in [0.05, 0.1) is 11.6 Å². The van der Waals surface area contributed by atoms with Crippen molar-refractivity contribution in [3.63, 3.8) is 0 Å². The average Bonchev–Trinajstić information content (AvgIpc) is 2.73. The summed E-state index contributed by atoms with van der Waals surface area (Å²) in [6.45, 7) is 2.39. The molecule has 4 atom stereocenters. The highest BCUT2D eigenvalue weighted by molar-refractivity contribution is 5.33. The minimum atomic E-state index is 0.732. The van der Waals surface area contributed by atoms with Gasteiger partial charge in [-0.15, -0.1) is 0 Å². The standard InChI is InChI=1S/C25H35N/c1-2-18-3-8-25-16-24(14-13-23(25)15-18)22-11-9-21(10-12-22)20-6-4-19(17-26)5-7-20/h4-7,18,21-25H,2-3,8-16H2,1H3. The Morgan fingerprint density at radius 1 is 0.769 bits per heavy atom. The molecule has 0 N–H and O–H groups in total. The van der Waals surface area contributed by atoms with Crippen molar-refractivity contribution in [3.05, 3.63) is 35.4 Å². The average molecular weight is 350 g/mol. The monoisotopic (exact) mass is 349 g/mol. The van der Waals surface area contributed by atoms with Crippen LogP contribution in [0.5, 0.6) is 0 Å². The van der Waals surface area contributed by atoms with Gasteiger partial charge in [0.2, 0.25) is 0 Å². The van der Waals surface area contributed by atoms with Gasteiger partial charge in [0, 0.05) is 0 Å². The van der Waals surface area contributed by atoms with Gasteiger partial charge in [0.25, 0.3) is 0 Å². The predicted octanol–water partition coefficient (Wildman–Crippen LogP) is 7.07. The first-order chi connectivity index (χ1) is 12.8. The number of benzene rings is 1. The fraction of sp³-hybridized carbons (Fsp3) is 0.720. The Bertz CT molecular complexity index is 617. The zero-order chi connectivity index (χ0) is 17.9. The van der Waals surface area contributed by atoms with Crippen molar-refractivity contribution >= 4 is 0 Å². The molecule has 26 heavy (non-hydrogen) atoms. The van der Waals surface area contributed by atoms with Crippen molar-refractivity contribution in [2.75, 3.05) is 0 Å². The molecule has 3 saturated carbocycles. The van der Waals surface area contributed by atoms with Crippen LogP contribution < -0.4 is 0 Å². The molecule has 0 radical (unpaired) electrons. The molecule has 0 spiro atoms. The Morgan fingerprint density at radius 2 is 1.35 bits per heavy atom. The largest absolute Gasteiger partial charge is 0.192 e. The van der Waals surface area contributed by atoms with Gasteiger partial charge in [0.15, 0.2) is 0 Å². The quantitative estimate of drug-likeness (QED) is 0.572. The van der Waals surface area contributed by atoms with Crippen molar-refractivity contribution in [3.8, 4) is 6.07 Å². The molecule has 4 unspecified atom stereocenters. The van der Waals surface area contributed by atoms with Gasteiger partial charge in [-0.25, -0.2) is 0 Å². The number of hydrogen-bond donors (Lipinski definition) is 0. The molecule has 3 fully saturated rings. The van der Waals surface area contributed by atoms with Gasteiger partial charge in [-0.2, -0.15) is 5.26 Å². The Labute approximate surface area is 160 Å². The summed E-state index contributed by atoms with van der Waals surface area (Å²) in [6.07, 6.45) is 16.2. The lowest BCUT2D eigenvalue weighted by Crippen LogP contribution is -2.34. The molecular formula is C25H35N. The Morgan fingerprint density at radius 3 is 2.00 bits per heavy atom. The fourth-order valence-electron chi connectivity index (χ4n) is 6.58. The molecule has 4 rings (SSSR count). The molecule has 1 aromatic carbocycles. The first kappa shape index (κ1) is 18.1. The summed E-state index contributed by atoms with van der Waals surface area (Å²) < 4.78 is 0. The number of hydrogen-bond acceptors (Lipinski definition) is 1. The fourth-order valence-corrected chi connectivity index (χ4v) is 6.58. The van der Waals surface area contributed by atoms with Crippen molar-refractivity contribution in [2.45, 2.75) is 83.5 Å². The van der Waals surface area contributed by atoms with Crippen molar-refractivity contribution in [2.24, 2.45) is 29.6 Å². The summed E-state index contributed by atoms with van der Waals surface area (Å²) in [5.74, 6) is 5.92. The van der Waals surface area contributed by atoms with Gasteiger partial charge >= 0.3 is 0 Å². The SMILES string of the molecule is CCC1CCC2CC(C3CCC(c4ccc(C#N)cc4)CC3)CCC2C1. The molecular weight excluding hydrogens is 314 g/mol. The third-order valence-electron chi connectivity index (χ3n) is 8.29. The second kappa shape index (κ2) is 8.16. The van der Waals surface area contributed by atoms with E-state index in [-0.39, 0.29) is 0 Å². The molecule has 3 aliphatic rings. The van der Waals surface area contributed by atoms with Crippen LogP contribution in [0.1, 0.15) is 94.6 Å². The second-order valence-electron chi connectivity index (χ2n) is 9.53. The minimum Gasteiger partial charge on any atom is -0.192 e. The van der Waals surface area contributed by atoms with Gasteiger partial charge in [-0.05, 0) is 111 Å². The van der Waals surface area contributed by atoms with Crippen LogP contribution in [0, 0.1) is 40.9 Å². The molecule has 140 valence electrons. The van der Waals surface area contributed by atoms with Crippen LogP contribution in [0.2, 0.25) is 0 Å². The second-order valence-corrected chi connectivity index (χ2v) is 9.53.